The van der Waals surface area contributed by atoms with E-state index in [0.29, 0.717) is 15.2 Å². The maximum absolute atomic E-state index is 13.3. The molecule has 5 nitrogen and oxygen atoms in total. The molecule has 9 heteroatoms. The third kappa shape index (κ3) is 3.79. The molecule has 28 heavy (non-hydrogen) atoms. The zero-order valence-electron chi connectivity index (χ0n) is 14.7. The largest absolute Gasteiger partial charge is 0.341 e. The smallest absolute Gasteiger partial charge is 0.262 e. The highest BCUT2D eigenvalue weighted by molar-refractivity contribution is 7.21. The lowest BCUT2D eigenvalue weighted by Crippen LogP contribution is -2.44. The average Bonchev–Trinajstić information content (AvgIpc) is 3.09. The van der Waals surface area contributed by atoms with Crippen LogP contribution in [-0.2, 0) is 11.3 Å². The first-order valence-corrected chi connectivity index (χ1v) is 9.92. The Kier molecular flexibility index (Phi) is 4.93. The van der Waals surface area contributed by atoms with E-state index >= 15 is 0 Å². The van der Waals surface area contributed by atoms with Crippen LogP contribution in [0.4, 0.5) is 8.78 Å². The Morgan fingerprint density at radius 2 is 1.89 bits per heavy atom. The van der Waals surface area contributed by atoms with Gasteiger partial charge in [-0.2, -0.15) is 0 Å². The number of halogens is 3. The number of thiophene rings is 1. The van der Waals surface area contributed by atoms with Crippen molar-refractivity contribution >= 4 is 39.1 Å². The zero-order valence-corrected chi connectivity index (χ0v) is 16.3. The van der Waals surface area contributed by atoms with Crippen LogP contribution in [-0.4, -0.2) is 39.4 Å². The molecule has 1 fully saturated rings. The highest BCUT2D eigenvalue weighted by Crippen LogP contribution is 2.31. The number of hydrogen-bond acceptors (Lipinski definition) is 4. The van der Waals surface area contributed by atoms with Gasteiger partial charge in [-0.05, 0) is 23.8 Å². The molecule has 3 heterocycles. The maximum atomic E-state index is 13.3. The van der Waals surface area contributed by atoms with Gasteiger partial charge in [0, 0.05) is 35.8 Å². The molecule has 1 aliphatic rings. The van der Waals surface area contributed by atoms with E-state index in [-0.39, 0.29) is 43.9 Å². The van der Waals surface area contributed by atoms with Crippen LogP contribution in [0.5, 0.6) is 0 Å². The molecule has 2 aromatic heterocycles. The molecule has 1 amide bonds. The van der Waals surface area contributed by atoms with Crippen molar-refractivity contribution in [3.63, 3.8) is 0 Å². The minimum absolute atomic E-state index is 0.00454. The number of carbonyl (C=O) groups is 1. The Hall–Kier alpha value is -2.32. The average molecular weight is 424 g/mol. The number of nitrogens with zero attached hydrogens (tertiary/aromatic N) is 3. The van der Waals surface area contributed by atoms with E-state index in [1.54, 1.807) is 18.2 Å². The molecule has 0 radical (unpaired) electrons. The monoisotopic (exact) mass is 423 g/mol. The number of fused-ring (bicyclic) bond motifs is 1. The molecule has 0 unspecified atom stereocenters. The molecule has 0 spiro atoms. The second kappa shape index (κ2) is 7.25. The Labute approximate surface area is 168 Å². The van der Waals surface area contributed by atoms with Gasteiger partial charge in [-0.15, -0.1) is 11.3 Å². The molecule has 1 saturated heterocycles. The molecule has 0 aliphatic carbocycles. The van der Waals surface area contributed by atoms with E-state index in [1.807, 2.05) is 12.1 Å². The molecule has 4 rings (SSSR count). The van der Waals surface area contributed by atoms with Crippen LogP contribution in [0.2, 0.25) is 5.02 Å². The number of amides is 1. The van der Waals surface area contributed by atoms with Gasteiger partial charge in [0.15, 0.2) is 0 Å². The SMILES string of the molecule is O=C(Cn1cnc2sc(-c3ccc(Cl)cc3)cc2c1=O)N1CCC(F)(F)CC1. The predicted molar refractivity (Wildman–Crippen MR) is 105 cm³/mol. The van der Waals surface area contributed by atoms with Crippen LogP contribution in [0.3, 0.4) is 0 Å². The Bertz CT molecular complexity index is 1080. The molecular formula is C19H16ClF2N3O2S. The lowest BCUT2D eigenvalue weighted by atomic mass is 10.1. The Morgan fingerprint density at radius 1 is 1.21 bits per heavy atom. The first-order valence-electron chi connectivity index (χ1n) is 8.73. The van der Waals surface area contributed by atoms with Crippen LogP contribution in [0.25, 0.3) is 20.7 Å². The Morgan fingerprint density at radius 3 is 2.57 bits per heavy atom. The van der Waals surface area contributed by atoms with Gasteiger partial charge in [-0.1, -0.05) is 23.7 Å². The number of hydrogen-bond donors (Lipinski definition) is 0. The summed E-state index contributed by atoms with van der Waals surface area (Å²) in [6.07, 6.45) is 0.642. The second-order valence-corrected chi connectivity index (χ2v) is 8.22. The fourth-order valence-electron chi connectivity index (χ4n) is 3.16. The van der Waals surface area contributed by atoms with Crippen molar-refractivity contribution in [1.29, 1.82) is 0 Å². The quantitative estimate of drug-likeness (QED) is 0.639. The number of rotatable bonds is 3. The third-order valence-corrected chi connectivity index (χ3v) is 6.14. The number of alkyl halides is 2. The summed E-state index contributed by atoms with van der Waals surface area (Å²) in [4.78, 5) is 32.3. The van der Waals surface area contributed by atoms with Gasteiger partial charge in [-0.25, -0.2) is 13.8 Å². The summed E-state index contributed by atoms with van der Waals surface area (Å²) >= 11 is 7.29. The molecule has 1 aliphatic heterocycles. The highest BCUT2D eigenvalue weighted by Gasteiger charge is 2.35. The van der Waals surface area contributed by atoms with Crippen LogP contribution in [0.15, 0.2) is 41.5 Å². The van der Waals surface area contributed by atoms with Crippen molar-refractivity contribution in [1.82, 2.24) is 14.5 Å². The van der Waals surface area contributed by atoms with Gasteiger partial charge in [-0.3, -0.25) is 14.2 Å². The normalized spacial score (nSPS) is 16.5. The minimum Gasteiger partial charge on any atom is -0.341 e. The summed E-state index contributed by atoms with van der Waals surface area (Å²) in [7, 11) is 0. The fraction of sp³-hybridized carbons (Fsp3) is 0.316. The van der Waals surface area contributed by atoms with Crippen molar-refractivity contribution in [2.45, 2.75) is 25.3 Å². The number of likely N-dealkylation sites (tertiary alicyclic amines) is 1. The lowest BCUT2D eigenvalue weighted by Gasteiger charge is -2.31. The summed E-state index contributed by atoms with van der Waals surface area (Å²) in [5.41, 5.74) is 0.598. The minimum atomic E-state index is -2.72. The number of aromatic nitrogens is 2. The van der Waals surface area contributed by atoms with Gasteiger partial charge in [0.2, 0.25) is 5.91 Å². The van der Waals surface area contributed by atoms with Crippen LogP contribution in [0.1, 0.15) is 12.8 Å². The van der Waals surface area contributed by atoms with E-state index < -0.39 is 5.92 Å². The number of benzene rings is 1. The first kappa shape index (κ1) is 19.0. The molecular weight excluding hydrogens is 408 g/mol. The zero-order chi connectivity index (χ0) is 19.9. The second-order valence-electron chi connectivity index (χ2n) is 6.75. The molecule has 146 valence electrons. The van der Waals surface area contributed by atoms with Gasteiger partial charge < -0.3 is 4.90 Å². The van der Waals surface area contributed by atoms with Gasteiger partial charge in [0.05, 0.1) is 11.7 Å². The maximum Gasteiger partial charge on any atom is 0.262 e. The van der Waals surface area contributed by atoms with Crippen LogP contribution < -0.4 is 5.56 Å². The van der Waals surface area contributed by atoms with E-state index in [0.717, 1.165) is 10.4 Å². The van der Waals surface area contributed by atoms with Crippen molar-refractivity contribution in [3.8, 4) is 10.4 Å². The number of piperidine rings is 1. The van der Waals surface area contributed by atoms with Gasteiger partial charge in [0.1, 0.15) is 11.4 Å². The molecule has 3 aromatic rings. The van der Waals surface area contributed by atoms with Crippen LogP contribution >= 0.6 is 22.9 Å². The summed E-state index contributed by atoms with van der Waals surface area (Å²) < 4.78 is 27.8. The third-order valence-electron chi connectivity index (χ3n) is 4.80. The summed E-state index contributed by atoms with van der Waals surface area (Å²) in [5, 5.41) is 1.05. The fourth-order valence-corrected chi connectivity index (χ4v) is 4.28. The highest BCUT2D eigenvalue weighted by atomic mass is 35.5. The topological polar surface area (TPSA) is 55.2 Å². The molecule has 0 saturated carbocycles. The standard InChI is InChI=1S/C19H16ClF2N3O2S/c20-13-3-1-12(2-4-13)15-9-14-17(28-15)23-11-25(18(14)27)10-16(26)24-7-5-19(21,22)6-8-24/h1-4,9,11H,5-8,10H2. The lowest BCUT2D eigenvalue weighted by molar-refractivity contribution is -0.137. The van der Waals surface area contributed by atoms with Crippen molar-refractivity contribution in [2.75, 3.05) is 13.1 Å². The molecule has 1 aromatic carbocycles. The van der Waals surface area contributed by atoms with Gasteiger partial charge in [0.25, 0.3) is 11.5 Å². The van der Waals surface area contributed by atoms with E-state index in [4.69, 9.17) is 11.6 Å². The van der Waals surface area contributed by atoms with E-state index in [1.165, 1.54) is 27.1 Å². The predicted octanol–water partition coefficient (Wildman–Crippen LogP) is 4.04. The van der Waals surface area contributed by atoms with Crippen molar-refractivity contribution in [3.05, 3.63) is 52.0 Å². The first-order chi connectivity index (χ1) is 13.3. The molecule has 0 N–H and O–H groups in total. The molecule has 0 atom stereocenters. The van der Waals surface area contributed by atoms with E-state index in [2.05, 4.69) is 4.98 Å². The summed E-state index contributed by atoms with van der Waals surface area (Å²) in [6.45, 7) is -0.218. The number of carbonyl (C=O) groups excluding carboxylic acids is 1. The van der Waals surface area contributed by atoms with E-state index in [9.17, 15) is 18.4 Å². The molecule has 0 bridgehead atoms. The van der Waals surface area contributed by atoms with Crippen molar-refractivity contribution < 1.29 is 13.6 Å². The van der Waals surface area contributed by atoms with Crippen molar-refractivity contribution in [2.24, 2.45) is 0 Å². The summed E-state index contributed by atoms with van der Waals surface area (Å²) in [6, 6.07) is 9.02. The van der Waals surface area contributed by atoms with Gasteiger partial charge >= 0.3 is 0 Å². The van der Waals surface area contributed by atoms with Crippen LogP contribution in [0, 0.1) is 0 Å². The Balaban J connectivity index is 1.57. The summed E-state index contributed by atoms with van der Waals surface area (Å²) in [5.74, 6) is -3.07.